The van der Waals surface area contributed by atoms with E-state index in [-0.39, 0.29) is 0 Å². The molecule has 0 bridgehead atoms. The Labute approximate surface area is 99.1 Å². The molecule has 2 nitrogen and oxygen atoms in total. The van der Waals surface area contributed by atoms with Crippen LogP contribution in [0.5, 0.6) is 0 Å². The third-order valence-corrected chi connectivity index (χ3v) is 3.19. The van der Waals surface area contributed by atoms with Crippen LogP contribution in [-0.4, -0.2) is 18.1 Å². The molecule has 1 aliphatic heterocycles. The van der Waals surface area contributed by atoms with E-state index in [9.17, 15) is 0 Å². The topological polar surface area (TPSA) is 16.1 Å². The standard InChI is InChI=1S/C12H15BrN2/c1-9-3-5-15(6-4-9)12-10(2)7-11(13)8-14-12/h3,7-8H,4-6H2,1-2H3. The zero-order valence-electron chi connectivity index (χ0n) is 9.13. The van der Waals surface area contributed by atoms with Gasteiger partial charge in [0.05, 0.1) is 0 Å². The van der Waals surface area contributed by atoms with Gasteiger partial charge in [-0.05, 0) is 47.8 Å². The third-order valence-electron chi connectivity index (χ3n) is 2.75. The predicted octanol–water partition coefficient (Wildman–Crippen LogP) is 3.31. The van der Waals surface area contributed by atoms with Crippen molar-refractivity contribution < 1.29 is 0 Å². The molecule has 0 saturated carbocycles. The summed E-state index contributed by atoms with van der Waals surface area (Å²) in [7, 11) is 0. The van der Waals surface area contributed by atoms with Crippen molar-refractivity contribution in [3.05, 3.63) is 33.9 Å². The number of nitrogens with zero attached hydrogens (tertiary/aromatic N) is 2. The van der Waals surface area contributed by atoms with Gasteiger partial charge in [0.15, 0.2) is 0 Å². The van der Waals surface area contributed by atoms with E-state index in [0.717, 1.165) is 29.8 Å². The number of rotatable bonds is 1. The van der Waals surface area contributed by atoms with E-state index in [4.69, 9.17) is 0 Å². The molecule has 0 atom stereocenters. The number of pyridine rings is 1. The van der Waals surface area contributed by atoms with Crippen LogP contribution >= 0.6 is 15.9 Å². The Bertz CT molecular complexity index is 399. The van der Waals surface area contributed by atoms with Crippen LogP contribution in [0, 0.1) is 6.92 Å². The molecule has 2 rings (SSSR count). The molecule has 0 aliphatic carbocycles. The van der Waals surface area contributed by atoms with Crippen molar-refractivity contribution in [2.45, 2.75) is 20.3 Å². The molecule has 1 aromatic heterocycles. The Kier molecular flexibility index (Phi) is 3.10. The molecule has 15 heavy (non-hydrogen) atoms. The highest BCUT2D eigenvalue weighted by Crippen LogP contribution is 2.23. The molecule has 0 saturated heterocycles. The van der Waals surface area contributed by atoms with Gasteiger partial charge in [0.1, 0.15) is 5.82 Å². The van der Waals surface area contributed by atoms with Gasteiger partial charge in [-0.15, -0.1) is 0 Å². The maximum atomic E-state index is 4.48. The smallest absolute Gasteiger partial charge is 0.131 e. The Morgan fingerprint density at radius 3 is 2.80 bits per heavy atom. The largest absolute Gasteiger partial charge is 0.352 e. The number of aromatic nitrogens is 1. The molecule has 3 heteroatoms. The highest BCUT2D eigenvalue weighted by Gasteiger charge is 2.13. The van der Waals surface area contributed by atoms with Gasteiger partial charge in [0.2, 0.25) is 0 Å². The second-order valence-electron chi connectivity index (χ2n) is 4.04. The number of anilines is 1. The van der Waals surface area contributed by atoms with Crippen LogP contribution in [0.25, 0.3) is 0 Å². The van der Waals surface area contributed by atoms with Gasteiger partial charge < -0.3 is 4.90 Å². The molecule has 1 aliphatic rings. The summed E-state index contributed by atoms with van der Waals surface area (Å²) in [6.07, 6.45) is 5.30. The van der Waals surface area contributed by atoms with Crippen molar-refractivity contribution in [2.24, 2.45) is 0 Å². The summed E-state index contributed by atoms with van der Waals surface area (Å²) in [5, 5.41) is 0. The molecule has 0 spiro atoms. The van der Waals surface area contributed by atoms with Gasteiger partial charge in [-0.3, -0.25) is 0 Å². The van der Waals surface area contributed by atoms with E-state index >= 15 is 0 Å². The molecule has 0 fully saturated rings. The fraction of sp³-hybridized carbons (Fsp3) is 0.417. The fourth-order valence-electron chi connectivity index (χ4n) is 1.83. The number of aryl methyl sites for hydroxylation is 1. The Hall–Kier alpha value is -0.830. The minimum absolute atomic E-state index is 0.987. The van der Waals surface area contributed by atoms with Gasteiger partial charge in [0, 0.05) is 23.8 Å². The lowest BCUT2D eigenvalue weighted by Crippen LogP contribution is -2.29. The predicted molar refractivity (Wildman–Crippen MR) is 67.3 cm³/mol. The van der Waals surface area contributed by atoms with E-state index in [1.807, 2.05) is 6.20 Å². The molecule has 0 aromatic carbocycles. The number of halogens is 1. The maximum absolute atomic E-state index is 4.48. The summed E-state index contributed by atoms with van der Waals surface area (Å²) >= 11 is 3.44. The molecule has 1 aromatic rings. The minimum atomic E-state index is 0.987. The van der Waals surface area contributed by atoms with Crippen LogP contribution in [0.4, 0.5) is 5.82 Å². The van der Waals surface area contributed by atoms with Gasteiger partial charge in [0.25, 0.3) is 0 Å². The van der Waals surface area contributed by atoms with Crippen LogP contribution in [0.1, 0.15) is 18.9 Å². The van der Waals surface area contributed by atoms with Crippen molar-refractivity contribution >= 4 is 21.7 Å². The lowest BCUT2D eigenvalue weighted by molar-refractivity contribution is 0.772. The first kappa shape index (κ1) is 10.7. The average Bonchev–Trinajstić information content (AvgIpc) is 2.20. The Morgan fingerprint density at radius 2 is 2.20 bits per heavy atom. The van der Waals surface area contributed by atoms with Gasteiger partial charge in [-0.2, -0.15) is 0 Å². The van der Waals surface area contributed by atoms with Crippen LogP contribution < -0.4 is 4.90 Å². The average molecular weight is 267 g/mol. The first-order chi connectivity index (χ1) is 7.16. The molecular weight excluding hydrogens is 252 g/mol. The Morgan fingerprint density at radius 1 is 1.40 bits per heavy atom. The monoisotopic (exact) mass is 266 g/mol. The first-order valence-corrected chi connectivity index (χ1v) is 5.99. The molecule has 0 radical (unpaired) electrons. The fourth-order valence-corrected chi connectivity index (χ4v) is 2.27. The van der Waals surface area contributed by atoms with Crippen molar-refractivity contribution in [3.8, 4) is 0 Å². The summed E-state index contributed by atoms with van der Waals surface area (Å²) in [6.45, 7) is 6.37. The zero-order valence-corrected chi connectivity index (χ0v) is 10.7. The third kappa shape index (κ3) is 2.40. The summed E-state index contributed by atoms with van der Waals surface area (Å²) in [6, 6.07) is 2.12. The normalized spacial score (nSPS) is 16.5. The summed E-state index contributed by atoms with van der Waals surface area (Å²) < 4.78 is 1.05. The zero-order chi connectivity index (χ0) is 10.8. The van der Waals surface area contributed by atoms with E-state index in [1.165, 1.54) is 11.1 Å². The van der Waals surface area contributed by atoms with Crippen molar-refractivity contribution in [3.63, 3.8) is 0 Å². The van der Waals surface area contributed by atoms with Crippen LogP contribution in [0.15, 0.2) is 28.4 Å². The van der Waals surface area contributed by atoms with Crippen LogP contribution in [0.2, 0.25) is 0 Å². The summed E-state index contributed by atoms with van der Waals surface area (Å²) in [4.78, 5) is 6.80. The van der Waals surface area contributed by atoms with Crippen molar-refractivity contribution in [1.82, 2.24) is 4.98 Å². The van der Waals surface area contributed by atoms with E-state index in [0.29, 0.717) is 0 Å². The SMILES string of the molecule is CC1=CCN(c2ncc(Br)cc2C)CC1. The minimum Gasteiger partial charge on any atom is -0.352 e. The van der Waals surface area contributed by atoms with Gasteiger partial charge >= 0.3 is 0 Å². The summed E-state index contributed by atoms with van der Waals surface area (Å²) in [5.74, 6) is 1.11. The number of hydrogen-bond donors (Lipinski definition) is 0. The highest BCUT2D eigenvalue weighted by atomic mass is 79.9. The lowest BCUT2D eigenvalue weighted by atomic mass is 10.1. The first-order valence-electron chi connectivity index (χ1n) is 5.19. The lowest BCUT2D eigenvalue weighted by Gasteiger charge is -2.27. The molecule has 0 amide bonds. The van der Waals surface area contributed by atoms with Crippen LogP contribution in [-0.2, 0) is 0 Å². The molecule has 80 valence electrons. The van der Waals surface area contributed by atoms with Crippen LogP contribution in [0.3, 0.4) is 0 Å². The van der Waals surface area contributed by atoms with E-state index in [1.54, 1.807) is 0 Å². The second-order valence-corrected chi connectivity index (χ2v) is 4.96. The molecular formula is C12H15BrN2. The number of hydrogen-bond acceptors (Lipinski definition) is 2. The maximum Gasteiger partial charge on any atom is 0.131 e. The molecule has 0 unspecified atom stereocenters. The molecule has 0 N–H and O–H groups in total. The van der Waals surface area contributed by atoms with Crippen molar-refractivity contribution in [2.75, 3.05) is 18.0 Å². The van der Waals surface area contributed by atoms with Crippen molar-refractivity contribution in [1.29, 1.82) is 0 Å². The summed E-state index contributed by atoms with van der Waals surface area (Å²) in [5.41, 5.74) is 2.72. The van der Waals surface area contributed by atoms with E-state index < -0.39 is 0 Å². The quantitative estimate of drug-likeness (QED) is 0.726. The van der Waals surface area contributed by atoms with E-state index in [2.05, 4.69) is 51.8 Å². The second kappa shape index (κ2) is 4.35. The highest BCUT2D eigenvalue weighted by molar-refractivity contribution is 9.10. The van der Waals surface area contributed by atoms with Gasteiger partial charge in [-0.25, -0.2) is 4.98 Å². The van der Waals surface area contributed by atoms with Gasteiger partial charge in [-0.1, -0.05) is 11.6 Å². The molecule has 2 heterocycles. The Balaban J connectivity index is 2.23.